The molecule has 0 heterocycles. The molecule has 0 fully saturated rings. The van der Waals surface area contributed by atoms with Gasteiger partial charge >= 0.3 is 0 Å². The number of nitro groups is 1. The summed E-state index contributed by atoms with van der Waals surface area (Å²) in [6, 6.07) is 12.4. The van der Waals surface area contributed by atoms with Gasteiger partial charge in [-0.05, 0) is 42.3 Å². The first-order valence-corrected chi connectivity index (χ1v) is 9.62. The summed E-state index contributed by atoms with van der Waals surface area (Å²) < 4.78 is 25.0. The number of carbonyl (C=O) groups excluding carboxylic acids is 1. The molecule has 0 aliphatic rings. The third-order valence-corrected chi connectivity index (χ3v) is 4.62. The summed E-state index contributed by atoms with van der Waals surface area (Å²) in [6.45, 7) is 1.39. The van der Waals surface area contributed by atoms with Gasteiger partial charge in [0, 0.05) is 12.1 Å². The number of non-ortho nitro benzene ring substituents is 1. The third kappa shape index (κ3) is 5.89. The van der Waals surface area contributed by atoms with Crippen molar-refractivity contribution in [2.45, 2.75) is 6.92 Å². The minimum absolute atomic E-state index is 0.0573. The van der Waals surface area contributed by atoms with Crippen LogP contribution in [-0.4, -0.2) is 38.3 Å². The maximum atomic E-state index is 12.1. The van der Waals surface area contributed by atoms with Crippen molar-refractivity contribution in [3.8, 4) is 0 Å². The Kier molecular flexibility index (Phi) is 6.24. The molecule has 0 aliphatic carbocycles. The predicted molar refractivity (Wildman–Crippen MR) is 102 cm³/mol. The fraction of sp³-hybridized carbons (Fsp3) is 0.176. The van der Waals surface area contributed by atoms with Crippen LogP contribution >= 0.6 is 0 Å². The van der Waals surface area contributed by atoms with Crippen LogP contribution in [-0.2, 0) is 14.8 Å². The van der Waals surface area contributed by atoms with Crippen LogP contribution in [0.3, 0.4) is 0 Å². The Balaban J connectivity index is 2.04. The van der Waals surface area contributed by atoms with E-state index in [0.717, 1.165) is 16.1 Å². The van der Waals surface area contributed by atoms with Crippen LogP contribution in [0, 0.1) is 17.0 Å². The summed E-state index contributed by atoms with van der Waals surface area (Å²) in [7, 11) is -3.66. The first kappa shape index (κ1) is 20.0. The molecule has 9 nitrogen and oxygen atoms in total. The van der Waals surface area contributed by atoms with E-state index in [1.807, 2.05) is 13.0 Å². The van der Waals surface area contributed by atoms with Gasteiger partial charge in [-0.1, -0.05) is 12.1 Å². The molecule has 27 heavy (non-hydrogen) atoms. The molecule has 1 N–H and O–H groups in total. The van der Waals surface area contributed by atoms with Crippen molar-refractivity contribution >= 4 is 33.5 Å². The van der Waals surface area contributed by atoms with Gasteiger partial charge in [-0.25, -0.2) is 13.8 Å². The second kappa shape index (κ2) is 8.41. The van der Waals surface area contributed by atoms with Crippen LogP contribution in [0.25, 0.3) is 0 Å². The maximum absolute atomic E-state index is 12.1. The van der Waals surface area contributed by atoms with E-state index in [0.29, 0.717) is 11.3 Å². The molecule has 2 aromatic rings. The molecule has 1 amide bonds. The summed E-state index contributed by atoms with van der Waals surface area (Å²) in [6.07, 6.45) is 2.32. The molecule has 2 rings (SSSR count). The molecule has 2 aromatic carbocycles. The van der Waals surface area contributed by atoms with E-state index in [4.69, 9.17) is 0 Å². The number of aryl methyl sites for hydroxylation is 1. The standard InChI is InChI=1S/C17H18N4O5S/c1-13-4-3-5-16(10-13)20(27(2,25)26)12-17(22)19-18-11-14-6-8-15(9-7-14)21(23)24/h3-11H,12H2,1-2H3,(H,19,22)/b18-11-. The van der Waals surface area contributed by atoms with E-state index in [1.54, 1.807) is 18.2 Å². The zero-order chi connectivity index (χ0) is 20.0. The Bertz CT molecular complexity index is 971. The monoisotopic (exact) mass is 390 g/mol. The number of rotatable bonds is 7. The van der Waals surface area contributed by atoms with Crippen LogP contribution in [0.4, 0.5) is 11.4 Å². The van der Waals surface area contributed by atoms with E-state index in [2.05, 4.69) is 10.5 Å². The number of hydrazone groups is 1. The van der Waals surface area contributed by atoms with Crippen molar-refractivity contribution in [3.63, 3.8) is 0 Å². The van der Waals surface area contributed by atoms with Gasteiger partial charge in [0.15, 0.2) is 0 Å². The number of anilines is 1. The zero-order valence-electron chi connectivity index (χ0n) is 14.7. The summed E-state index contributed by atoms with van der Waals surface area (Å²) in [5.74, 6) is -0.625. The van der Waals surface area contributed by atoms with Gasteiger partial charge in [0.05, 0.1) is 23.1 Å². The lowest BCUT2D eigenvalue weighted by atomic mass is 10.2. The average Bonchev–Trinajstić information content (AvgIpc) is 2.59. The molecule has 0 bridgehead atoms. The highest BCUT2D eigenvalue weighted by molar-refractivity contribution is 7.92. The smallest absolute Gasteiger partial charge is 0.269 e. The number of nitro benzene ring substituents is 1. The minimum Gasteiger partial charge on any atom is -0.271 e. The first-order valence-electron chi connectivity index (χ1n) is 7.77. The summed E-state index contributed by atoms with van der Waals surface area (Å²) in [5.41, 5.74) is 3.97. The molecule has 0 radical (unpaired) electrons. The number of carbonyl (C=O) groups is 1. The number of benzene rings is 2. The fourth-order valence-electron chi connectivity index (χ4n) is 2.21. The molecular formula is C17H18N4O5S. The van der Waals surface area contributed by atoms with Crippen LogP contribution in [0.15, 0.2) is 53.6 Å². The number of amides is 1. The molecule has 0 saturated carbocycles. The van der Waals surface area contributed by atoms with Crippen LogP contribution < -0.4 is 9.73 Å². The molecule has 0 unspecified atom stereocenters. The Hall–Kier alpha value is -3.27. The summed E-state index contributed by atoms with van der Waals surface area (Å²) in [4.78, 5) is 22.2. The van der Waals surface area contributed by atoms with Crippen molar-refractivity contribution in [3.05, 3.63) is 69.8 Å². The van der Waals surface area contributed by atoms with E-state index < -0.39 is 27.4 Å². The van der Waals surface area contributed by atoms with Gasteiger partial charge < -0.3 is 0 Å². The Morgan fingerprint density at radius 3 is 2.48 bits per heavy atom. The fourth-order valence-corrected chi connectivity index (χ4v) is 3.06. The van der Waals surface area contributed by atoms with Crippen LogP contribution in [0.2, 0.25) is 0 Å². The lowest BCUT2D eigenvalue weighted by Crippen LogP contribution is -2.39. The van der Waals surface area contributed by atoms with Crippen LogP contribution in [0.5, 0.6) is 0 Å². The van der Waals surface area contributed by atoms with Gasteiger partial charge in [0.1, 0.15) is 6.54 Å². The highest BCUT2D eigenvalue weighted by Crippen LogP contribution is 2.18. The van der Waals surface area contributed by atoms with Crippen molar-refractivity contribution < 1.29 is 18.1 Å². The zero-order valence-corrected chi connectivity index (χ0v) is 15.5. The minimum atomic E-state index is -3.66. The molecular weight excluding hydrogens is 372 g/mol. The van der Waals surface area contributed by atoms with Gasteiger partial charge in [-0.15, -0.1) is 0 Å². The number of nitrogens with one attached hydrogen (secondary N) is 1. The molecule has 0 atom stereocenters. The first-order chi connectivity index (χ1) is 12.7. The lowest BCUT2D eigenvalue weighted by molar-refractivity contribution is -0.384. The molecule has 0 saturated heterocycles. The Morgan fingerprint density at radius 1 is 1.26 bits per heavy atom. The van der Waals surface area contributed by atoms with Crippen LogP contribution in [0.1, 0.15) is 11.1 Å². The molecule has 142 valence electrons. The Morgan fingerprint density at radius 2 is 1.93 bits per heavy atom. The Labute approximate surface area is 156 Å². The van der Waals surface area contributed by atoms with Crippen molar-refractivity contribution in [1.82, 2.24) is 5.43 Å². The van der Waals surface area contributed by atoms with Gasteiger partial charge in [-0.2, -0.15) is 5.10 Å². The second-order valence-corrected chi connectivity index (χ2v) is 7.66. The lowest BCUT2D eigenvalue weighted by Gasteiger charge is -2.21. The van der Waals surface area contributed by atoms with E-state index >= 15 is 0 Å². The highest BCUT2D eigenvalue weighted by Gasteiger charge is 2.20. The maximum Gasteiger partial charge on any atom is 0.269 e. The number of hydrogen-bond donors (Lipinski definition) is 1. The van der Waals surface area contributed by atoms with Crippen molar-refractivity contribution in [2.75, 3.05) is 17.1 Å². The molecule has 0 aliphatic heterocycles. The SMILES string of the molecule is Cc1cccc(N(CC(=O)N/N=C\c2ccc([N+](=O)[O-])cc2)S(C)(=O)=O)c1. The molecule has 0 aromatic heterocycles. The van der Waals surface area contributed by atoms with E-state index in [-0.39, 0.29) is 5.69 Å². The quantitative estimate of drug-likeness (QED) is 0.439. The van der Waals surface area contributed by atoms with Crippen molar-refractivity contribution in [1.29, 1.82) is 0 Å². The van der Waals surface area contributed by atoms with Gasteiger partial charge in [0.2, 0.25) is 10.0 Å². The molecule has 0 spiro atoms. The largest absolute Gasteiger partial charge is 0.271 e. The number of nitrogens with zero attached hydrogens (tertiary/aromatic N) is 3. The van der Waals surface area contributed by atoms with Crippen molar-refractivity contribution in [2.24, 2.45) is 5.10 Å². The number of hydrogen-bond acceptors (Lipinski definition) is 6. The summed E-state index contributed by atoms with van der Waals surface area (Å²) >= 11 is 0. The van der Waals surface area contributed by atoms with E-state index in [1.165, 1.54) is 30.5 Å². The third-order valence-electron chi connectivity index (χ3n) is 3.48. The summed E-state index contributed by atoms with van der Waals surface area (Å²) in [5, 5.41) is 14.3. The second-order valence-electron chi connectivity index (χ2n) is 5.75. The number of sulfonamides is 1. The topological polar surface area (TPSA) is 122 Å². The van der Waals surface area contributed by atoms with Gasteiger partial charge in [0.25, 0.3) is 11.6 Å². The average molecular weight is 390 g/mol. The highest BCUT2D eigenvalue weighted by atomic mass is 32.2. The normalized spacial score (nSPS) is 11.3. The van der Waals surface area contributed by atoms with Gasteiger partial charge in [-0.3, -0.25) is 19.2 Å². The van der Waals surface area contributed by atoms with E-state index in [9.17, 15) is 23.3 Å². The predicted octanol–water partition coefficient (Wildman–Crippen LogP) is 1.82. The molecule has 10 heteroatoms.